The molecule has 1 aromatic carbocycles. The van der Waals surface area contributed by atoms with Gasteiger partial charge in [0.05, 0.1) is 4.90 Å². The van der Waals surface area contributed by atoms with Crippen LogP contribution in [0.1, 0.15) is 19.8 Å². The molecule has 1 saturated heterocycles. The third-order valence-corrected chi connectivity index (χ3v) is 4.95. The fourth-order valence-electron chi connectivity index (χ4n) is 2.32. The molecule has 1 aliphatic rings. The highest BCUT2D eigenvalue weighted by molar-refractivity contribution is 7.89. The van der Waals surface area contributed by atoms with E-state index >= 15 is 0 Å². The number of nitrogens with one attached hydrogen (secondary N) is 3. The van der Waals surface area contributed by atoms with Crippen LogP contribution >= 0.6 is 0 Å². The Morgan fingerprint density at radius 2 is 1.86 bits per heavy atom. The highest BCUT2D eigenvalue weighted by Crippen LogP contribution is 2.15. The van der Waals surface area contributed by atoms with Crippen molar-refractivity contribution in [2.24, 2.45) is 5.92 Å². The quantitative estimate of drug-likeness (QED) is 0.755. The van der Waals surface area contributed by atoms with Crippen LogP contribution in [0.25, 0.3) is 0 Å². The summed E-state index contributed by atoms with van der Waals surface area (Å²) in [6.45, 7) is 3.76. The van der Waals surface area contributed by atoms with E-state index in [2.05, 4.69) is 15.4 Å². The lowest BCUT2D eigenvalue weighted by Crippen LogP contribution is -2.35. The Labute approximate surface area is 125 Å². The normalized spacial score (nSPS) is 16.6. The Balaban J connectivity index is 1.96. The van der Waals surface area contributed by atoms with E-state index in [0.29, 0.717) is 18.2 Å². The number of hydrogen-bond donors (Lipinski definition) is 3. The van der Waals surface area contributed by atoms with E-state index in [1.165, 1.54) is 19.1 Å². The third kappa shape index (κ3) is 4.80. The molecule has 116 valence electrons. The first-order valence-electron chi connectivity index (χ1n) is 7.05. The molecule has 1 aromatic rings. The molecule has 1 amide bonds. The van der Waals surface area contributed by atoms with Crippen molar-refractivity contribution in [3.05, 3.63) is 24.3 Å². The van der Waals surface area contributed by atoms with Gasteiger partial charge in [-0.3, -0.25) is 4.79 Å². The van der Waals surface area contributed by atoms with Gasteiger partial charge in [0.15, 0.2) is 0 Å². The Hall–Kier alpha value is -1.44. The summed E-state index contributed by atoms with van der Waals surface area (Å²) < 4.78 is 27.1. The van der Waals surface area contributed by atoms with Gasteiger partial charge >= 0.3 is 0 Å². The summed E-state index contributed by atoms with van der Waals surface area (Å²) in [5, 5.41) is 5.86. The summed E-state index contributed by atoms with van der Waals surface area (Å²) in [6, 6.07) is 6.16. The van der Waals surface area contributed by atoms with Crippen LogP contribution in [0.5, 0.6) is 0 Å². The number of carbonyl (C=O) groups is 1. The lowest BCUT2D eigenvalue weighted by Gasteiger charge is -2.22. The van der Waals surface area contributed by atoms with Crippen molar-refractivity contribution >= 4 is 21.6 Å². The van der Waals surface area contributed by atoms with Gasteiger partial charge in [-0.15, -0.1) is 0 Å². The van der Waals surface area contributed by atoms with Gasteiger partial charge in [-0.25, -0.2) is 13.1 Å². The average molecular weight is 311 g/mol. The summed E-state index contributed by atoms with van der Waals surface area (Å²) in [5.74, 6) is 0.203. The van der Waals surface area contributed by atoms with Gasteiger partial charge in [-0.05, 0) is 56.1 Å². The first-order chi connectivity index (χ1) is 9.97. The second-order valence-electron chi connectivity index (χ2n) is 5.25. The van der Waals surface area contributed by atoms with E-state index in [1.807, 2.05) is 0 Å². The van der Waals surface area contributed by atoms with E-state index in [1.54, 1.807) is 12.1 Å². The molecular formula is C14H21N3O3S. The minimum Gasteiger partial charge on any atom is -0.326 e. The zero-order valence-electron chi connectivity index (χ0n) is 12.1. The maximum atomic E-state index is 12.2. The van der Waals surface area contributed by atoms with Crippen molar-refractivity contribution in [3.63, 3.8) is 0 Å². The number of hydrogen-bond acceptors (Lipinski definition) is 4. The van der Waals surface area contributed by atoms with Crippen LogP contribution in [0, 0.1) is 5.92 Å². The summed E-state index contributed by atoms with van der Waals surface area (Å²) in [4.78, 5) is 11.1. The number of benzene rings is 1. The molecule has 0 atom stereocenters. The molecule has 1 heterocycles. The number of carbonyl (C=O) groups excluding carboxylic acids is 1. The average Bonchev–Trinajstić information content (AvgIpc) is 2.46. The zero-order valence-corrected chi connectivity index (χ0v) is 12.9. The molecule has 6 nitrogen and oxygen atoms in total. The van der Waals surface area contributed by atoms with Gasteiger partial charge in [-0.1, -0.05) is 0 Å². The van der Waals surface area contributed by atoms with Crippen LogP contribution in [0.4, 0.5) is 5.69 Å². The topological polar surface area (TPSA) is 87.3 Å². The predicted octanol–water partition coefficient (Wildman–Crippen LogP) is 0.923. The van der Waals surface area contributed by atoms with Crippen LogP contribution in [-0.4, -0.2) is 34.0 Å². The highest BCUT2D eigenvalue weighted by Gasteiger charge is 2.18. The molecule has 2 rings (SSSR count). The van der Waals surface area contributed by atoms with Crippen LogP contribution in [0.2, 0.25) is 0 Å². The standard InChI is InChI=1S/C14H21N3O3S/c1-11(18)17-13-2-4-14(5-3-13)21(19,20)16-10-12-6-8-15-9-7-12/h2-5,12,15-16H,6-10H2,1H3,(H,17,18). The Morgan fingerprint density at radius 3 is 2.43 bits per heavy atom. The molecular weight excluding hydrogens is 290 g/mol. The molecule has 3 N–H and O–H groups in total. The Bertz CT molecular complexity index is 578. The SMILES string of the molecule is CC(=O)Nc1ccc(S(=O)(=O)NCC2CCNCC2)cc1. The molecule has 0 aromatic heterocycles. The summed E-state index contributed by atoms with van der Waals surface area (Å²) in [6.07, 6.45) is 1.98. The first kappa shape index (κ1) is 15.9. The first-order valence-corrected chi connectivity index (χ1v) is 8.54. The Morgan fingerprint density at radius 1 is 1.24 bits per heavy atom. The van der Waals surface area contributed by atoms with Crippen molar-refractivity contribution in [1.82, 2.24) is 10.0 Å². The van der Waals surface area contributed by atoms with Gasteiger partial charge < -0.3 is 10.6 Å². The van der Waals surface area contributed by atoms with Crippen molar-refractivity contribution in [3.8, 4) is 0 Å². The van der Waals surface area contributed by atoms with E-state index in [-0.39, 0.29) is 10.8 Å². The van der Waals surface area contributed by atoms with Crippen molar-refractivity contribution < 1.29 is 13.2 Å². The van der Waals surface area contributed by atoms with E-state index in [0.717, 1.165) is 25.9 Å². The fraction of sp³-hybridized carbons (Fsp3) is 0.500. The van der Waals surface area contributed by atoms with Gasteiger partial charge in [-0.2, -0.15) is 0 Å². The number of anilines is 1. The monoisotopic (exact) mass is 311 g/mol. The maximum Gasteiger partial charge on any atom is 0.240 e. The van der Waals surface area contributed by atoms with Crippen LogP contribution < -0.4 is 15.4 Å². The summed E-state index contributed by atoms with van der Waals surface area (Å²) in [7, 11) is -3.49. The molecule has 0 radical (unpaired) electrons. The van der Waals surface area contributed by atoms with E-state index in [4.69, 9.17) is 0 Å². The van der Waals surface area contributed by atoms with Crippen LogP contribution in [0.3, 0.4) is 0 Å². The smallest absolute Gasteiger partial charge is 0.240 e. The zero-order chi connectivity index (χ0) is 15.3. The van der Waals surface area contributed by atoms with Crippen LogP contribution in [0.15, 0.2) is 29.2 Å². The van der Waals surface area contributed by atoms with Crippen molar-refractivity contribution in [1.29, 1.82) is 0 Å². The molecule has 1 aliphatic heterocycles. The van der Waals surface area contributed by atoms with Gasteiger partial charge in [0.2, 0.25) is 15.9 Å². The van der Waals surface area contributed by atoms with Gasteiger partial charge in [0.1, 0.15) is 0 Å². The number of piperidine rings is 1. The van der Waals surface area contributed by atoms with E-state index < -0.39 is 10.0 Å². The molecule has 0 saturated carbocycles. The molecule has 0 spiro atoms. The molecule has 0 unspecified atom stereocenters. The molecule has 7 heteroatoms. The predicted molar refractivity (Wildman–Crippen MR) is 81.5 cm³/mol. The molecule has 21 heavy (non-hydrogen) atoms. The molecule has 0 aliphatic carbocycles. The minimum atomic E-state index is -3.49. The van der Waals surface area contributed by atoms with Crippen molar-refractivity contribution in [2.45, 2.75) is 24.7 Å². The van der Waals surface area contributed by atoms with Gasteiger partial charge in [0.25, 0.3) is 0 Å². The second-order valence-corrected chi connectivity index (χ2v) is 7.02. The molecule has 1 fully saturated rings. The van der Waals surface area contributed by atoms with Crippen molar-refractivity contribution in [2.75, 3.05) is 25.0 Å². The summed E-state index contributed by atoms with van der Waals surface area (Å²) >= 11 is 0. The fourth-order valence-corrected chi connectivity index (χ4v) is 3.43. The maximum absolute atomic E-state index is 12.2. The number of rotatable bonds is 5. The number of sulfonamides is 1. The lowest BCUT2D eigenvalue weighted by molar-refractivity contribution is -0.114. The second kappa shape index (κ2) is 7.02. The summed E-state index contributed by atoms with van der Waals surface area (Å²) in [5.41, 5.74) is 0.583. The largest absolute Gasteiger partial charge is 0.326 e. The van der Waals surface area contributed by atoms with Gasteiger partial charge in [0, 0.05) is 19.2 Å². The molecule has 0 bridgehead atoms. The minimum absolute atomic E-state index is 0.186. The van der Waals surface area contributed by atoms with E-state index in [9.17, 15) is 13.2 Å². The third-order valence-electron chi connectivity index (χ3n) is 3.51. The Kier molecular flexibility index (Phi) is 5.33. The van der Waals surface area contributed by atoms with Crippen LogP contribution in [-0.2, 0) is 14.8 Å². The highest BCUT2D eigenvalue weighted by atomic mass is 32.2. The number of amides is 1. The lowest BCUT2D eigenvalue weighted by atomic mass is 9.99.